The molecule has 0 saturated carbocycles. The molecule has 90 valence electrons. The fraction of sp³-hybridized carbons (Fsp3) is 0.462. The first-order chi connectivity index (χ1) is 7.30. The van der Waals surface area contributed by atoms with Crippen molar-refractivity contribution in [1.82, 2.24) is 0 Å². The highest BCUT2D eigenvalue weighted by Crippen LogP contribution is 2.30. The Kier molecular flexibility index (Phi) is 3.68. The average Bonchev–Trinajstić information content (AvgIpc) is 2.18. The Morgan fingerprint density at radius 3 is 2.31 bits per heavy atom. The quantitative estimate of drug-likeness (QED) is 0.693. The molecule has 1 aliphatic rings. The number of hydrogen-bond acceptors (Lipinski definition) is 2. The molecule has 0 aromatic carbocycles. The Bertz CT molecular complexity index is 443. The number of hydrogen-bond donors (Lipinski definition) is 0. The van der Waals surface area contributed by atoms with Gasteiger partial charge in [0, 0.05) is 0 Å². The second-order valence-corrected chi connectivity index (χ2v) is 7.48. The van der Waals surface area contributed by atoms with Gasteiger partial charge in [-0.15, -0.1) is 36.3 Å². The maximum absolute atomic E-state index is 12.3. The van der Waals surface area contributed by atoms with Crippen molar-refractivity contribution in [1.29, 1.82) is 0 Å². The molecule has 0 atom stereocenters. The van der Waals surface area contributed by atoms with Crippen LogP contribution in [-0.4, -0.2) is 13.2 Å². The molecule has 2 nitrogen and oxygen atoms in total. The standard InChI is InChI=1S/C13H19O2S/c1-5-12(11-9-7-6-8-10-11)16(14,15)13(2,3)4/h6-10H,5H2,1-4H3/q-1. The van der Waals surface area contributed by atoms with Gasteiger partial charge in [-0.1, -0.05) is 13.3 Å². The van der Waals surface area contributed by atoms with Crippen LogP contribution in [0.3, 0.4) is 0 Å². The third kappa shape index (κ3) is 2.40. The van der Waals surface area contributed by atoms with Gasteiger partial charge < -0.3 is 0 Å². The molecule has 0 N–H and O–H groups in total. The lowest BCUT2D eigenvalue weighted by atomic mass is 10.1. The van der Waals surface area contributed by atoms with Crippen LogP contribution in [0.25, 0.3) is 0 Å². The molecular weight excluding hydrogens is 220 g/mol. The second-order valence-electron chi connectivity index (χ2n) is 4.76. The molecule has 0 bridgehead atoms. The monoisotopic (exact) mass is 239 g/mol. The fourth-order valence-electron chi connectivity index (χ4n) is 1.54. The maximum Gasteiger partial charge on any atom is 0.145 e. The summed E-state index contributed by atoms with van der Waals surface area (Å²) in [5.41, 5.74) is 0.805. The molecule has 0 saturated heterocycles. The van der Waals surface area contributed by atoms with E-state index in [-0.39, 0.29) is 0 Å². The van der Waals surface area contributed by atoms with Crippen LogP contribution in [0.15, 0.2) is 34.8 Å². The van der Waals surface area contributed by atoms with Gasteiger partial charge in [-0.3, -0.25) is 0 Å². The van der Waals surface area contributed by atoms with Crippen LogP contribution < -0.4 is 0 Å². The first-order valence-corrected chi connectivity index (χ1v) is 6.95. The van der Waals surface area contributed by atoms with Gasteiger partial charge >= 0.3 is 0 Å². The minimum atomic E-state index is -3.22. The number of allylic oxidation sites excluding steroid dienone is 6. The van der Waals surface area contributed by atoms with Crippen molar-refractivity contribution in [2.45, 2.75) is 38.9 Å². The first kappa shape index (κ1) is 13.1. The lowest BCUT2D eigenvalue weighted by Crippen LogP contribution is -2.29. The molecule has 0 aliphatic heterocycles. The van der Waals surface area contributed by atoms with Crippen molar-refractivity contribution >= 4 is 9.84 Å². The van der Waals surface area contributed by atoms with E-state index >= 15 is 0 Å². The molecule has 0 aromatic heterocycles. The lowest BCUT2D eigenvalue weighted by Gasteiger charge is -2.27. The van der Waals surface area contributed by atoms with E-state index in [0.29, 0.717) is 11.3 Å². The molecule has 1 rings (SSSR count). The number of sulfone groups is 1. The zero-order chi connectivity index (χ0) is 12.4. The van der Waals surface area contributed by atoms with Gasteiger partial charge in [0.2, 0.25) is 0 Å². The maximum atomic E-state index is 12.3. The topological polar surface area (TPSA) is 34.1 Å². The zero-order valence-corrected chi connectivity index (χ0v) is 11.1. The Morgan fingerprint density at radius 2 is 1.94 bits per heavy atom. The summed E-state index contributed by atoms with van der Waals surface area (Å²) in [5, 5.41) is 0. The summed E-state index contributed by atoms with van der Waals surface area (Å²) in [6.07, 6.45) is 9.85. The van der Waals surface area contributed by atoms with Gasteiger partial charge in [-0.25, -0.2) is 8.42 Å². The van der Waals surface area contributed by atoms with Crippen LogP contribution >= 0.6 is 0 Å². The highest BCUT2D eigenvalue weighted by atomic mass is 32.2. The molecule has 0 heterocycles. The molecule has 3 heteroatoms. The van der Waals surface area contributed by atoms with E-state index in [1.807, 2.05) is 37.6 Å². The van der Waals surface area contributed by atoms with Gasteiger partial charge in [0.25, 0.3) is 0 Å². The van der Waals surface area contributed by atoms with E-state index in [1.165, 1.54) is 0 Å². The second kappa shape index (κ2) is 4.50. The molecule has 0 amide bonds. The molecule has 0 fully saturated rings. The molecule has 0 spiro atoms. The minimum Gasteiger partial charge on any atom is -0.233 e. The van der Waals surface area contributed by atoms with Crippen molar-refractivity contribution in [3.8, 4) is 0 Å². The molecule has 0 aromatic rings. The highest BCUT2D eigenvalue weighted by molar-refractivity contribution is 7.96. The SMILES string of the molecule is CC/C(=C1\C=CC=C[CH-]1)S(=O)(=O)C(C)(C)C. The van der Waals surface area contributed by atoms with Crippen molar-refractivity contribution in [2.24, 2.45) is 0 Å². The Labute approximate surface area is 98.7 Å². The molecule has 1 aliphatic carbocycles. The van der Waals surface area contributed by atoms with Crippen LogP contribution in [-0.2, 0) is 9.84 Å². The van der Waals surface area contributed by atoms with E-state index in [1.54, 1.807) is 20.8 Å². The van der Waals surface area contributed by atoms with E-state index in [9.17, 15) is 8.42 Å². The summed E-state index contributed by atoms with van der Waals surface area (Å²) < 4.78 is 24.0. The van der Waals surface area contributed by atoms with E-state index < -0.39 is 14.6 Å². The van der Waals surface area contributed by atoms with Gasteiger partial charge in [-0.05, 0) is 25.7 Å². The number of rotatable bonds is 2. The van der Waals surface area contributed by atoms with Crippen molar-refractivity contribution in [3.63, 3.8) is 0 Å². The van der Waals surface area contributed by atoms with Crippen LogP contribution in [0, 0.1) is 6.42 Å². The van der Waals surface area contributed by atoms with E-state index in [0.717, 1.165) is 5.57 Å². The van der Waals surface area contributed by atoms with E-state index in [2.05, 4.69) is 0 Å². The normalized spacial score (nSPS) is 19.5. The van der Waals surface area contributed by atoms with Crippen LogP contribution in [0.4, 0.5) is 0 Å². The van der Waals surface area contributed by atoms with E-state index in [4.69, 9.17) is 0 Å². The summed E-state index contributed by atoms with van der Waals surface area (Å²) in [6.45, 7) is 7.09. The predicted molar refractivity (Wildman–Crippen MR) is 68.6 cm³/mol. The van der Waals surface area contributed by atoms with Gasteiger partial charge in [0.1, 0.15) is 9.84 Å². The van der Waals surface area contributed by atoms with Crippen LogP contribution in [0.1, 0.15) is 34.1 Å². The first-order valence-electron chi connectivity index (χ1n) is 5.46. The Morgan fingerprint density at radius 1 is 1.31 bits per heavy atom. The summed E-state index contributed by atoms with van der Waals surface area (Å²) in [5.74, 6) is 0. The molecule has 0 unspecified atom stereocenters. The highest BCUT2D eigenvalue weighted by Gasteiger charge is 2.30. The molecule has 0 radical (unpaired) electrons. The third-order valence-corrected chi connectivity index (χ3v) is 5.33. The predicted octanol–water partition coefficient (Wildman–Crippen LogP) is 3.19. The largest absolute Gasteiger partial charge is 0.233 e. The van der Waals surface area contributed by atoms with Crippen molar-refractivity contribution in [3.05, 3.63) is 41.2 Å². The smallest absolute Gasteiger partial charge is 0.145 e. The van der Waals surface area contributed by atoms with Gasteiger partial charge in [0.15, 0.2) is 0 Å². The summed E-state index contributed by atoms with van der Waals surface area (Å²) in [7, 11) is -3.22. The third-order valence-electron chi connectivity index (χ3n) is 2.55. The van der Waals surface area contributed by atoms with Crippen LogP contribution in [0.5, 0.6) is 0 Å². The van der Waals surface area contributed by atoms with Crippen LogP contribution in [0.2, 0.25) is 0 Å². The average molecular weight is 239 g/mol. The van der Waals surface area contributed by atoms with Gasteiger partial charge in [0.05, 0.1) is 4.75 Å². The lowest BCUT2D eigenvalue weighted by molar-refractivity contribution is 0.565. The summed E-state index contributed by atoms with van der Waals surface area (Å²) in [6, 6.07) is 0. The molecular formula is C13H19O2S-. The minimum absolute atomic E-state index is 0.528. The zero-order valence-electron chi connectivity index (χ0n) is 10.3. The van der Waals surface area contributed by atoms with Crippen molar-refractivity contribution < 1.29 is 8.42 Å². The van der Waals surface area contributed by atoms with Crippen molar-refractivity contribution in [2.75, 3.05) is 0 Å². The fourth-order valence-corrected chi connectivity index (χ4v) is 3.11. The van der Waals surface area contributed by atoms with Gasteiger partial charge in [-0.2, -0.15) is 0 Å². The Hall–Kier alpha value is -0.960. The summed E-state index contributed by atoms with van der Waals surface area (Å²) >= 11 is 0. The Balaban J connectivity index is 3.29. The summed E-state index contributed by atoms with van der Waals surface area (Å²) in [4.78, 5) is 0.528. The molecule has 16 heavy (non-hydrogen) atoms.